The average Bonchev–Trinajstić information content (AvgIpc) is 2.93. The molecule has 4 N–H and O–H groups in total. The van der Waals surface area contributed by atoms with Crippen LogP contribution in [0, 0.1) is 12.3 Å². The van der Waals surface area contributed by atoms with Crippen LogP contribution in [0.15, 0.2) is 42.7 Å². The van der Waals surface area contributed by atoms with Crippen LogP contribution in [-0.4, -0.2) is 27.0 Å². The van der Waals surface area contributed by atoms with Gasteiger partial charge in [-0.2, -0.15) is 5.10 Å². The Hall–Kier alpha value is -3.22. The van der Waals surface area contributed by atoms with E-state index < -0.39 is 5.91 Å². The Balaban J connectivity index is 2.18. The number of aromatic amines is 1. The molecule has 7 heteroatoms. The van der Waals surface area contributed by atoms with Crippen LogP contribution in [0.3, 0.4) is 0 Å². The molecule has 3 aromatic rings. The molecular formula is C15H14N6O. The monoisotopic (exact) mass is 294 g/mol. The number of H-pyrrole nitrogens is 1. The molecule has 7 nitrogen and oxygen atoms in total. The number of rotatable bonds is 2. The quantitative estimate of drug-likeness (QED) is 0.494. The van der Waals surface area contributed by atoms with Crippen molar-refractivity contribution in [1.82, 2.24) is 15.2 Å². The van der Waals surface area contributed by atoms with E-state index >= 15 is 0 Å². The number of guanidine groups is 1. The van der Waals surface area contributed by atoms with Gasteiger partial charge in [0.2, 0.25) is 0 Å². The van der Waals surface area contributed by atoms with Crippen LogP contribution in [-0.2, 0) is 0 Å². The van der Waals surface area contributed by atoms with Crippen molar-refractivity contribution in [2.45, 2.75) is 6.92 Å². The molecule has 22 heavy (non-hydrogen) atoms. The van der Waals surface area contributed by atoms with Gasteiger partial charge in [0, 0.05) is 17.3 Å². The van der Waals surface area contributed by atoms with Gasteiger partial charge >= 0.3 is 0 Å². The molecular weight excluding hydrogens is 280 g/mol. The van der Waals surface area contributed by atoms with E-state index in [-0.39, 0.29) is 5.96 Å². The normalized spacial score (nSPS) is 10.6. The van der Waals surface area contributed by atoms with E-state index in [1.807, 2.05) is 18.2 Å². The topological polar surface area (TPSA) is 112 Å². The molecule has 0 aliphatic carbocycles. The summed E-state index contributed by atoms with van der Waals surface area (Å²) in [6.45, 7) is 1.74. The van der Waals surface area contributed by atoms with Crippen LogP contribution in [0.1, 0.15) is 16.1 Å². The van der Waals surface area contributed by atoms with Gasteiger partial charge in [-0.1, -0.05) is 18.2 Å². The SMILES string of the molecule is Cc1[nH]ncc1C(=O)N(C(=N)N)c1cccc2cccnc12. The fraction of sp³-hybridized carbons (Fsp3) is 0.0667. The summed E-state index contributed by atoms with van der Waals surface area (Å²) in [7, 11) is 0. The van der Waals surface area contributed by atoms with E-state index in [1.54, 1.807) is 25.3 Å². The Bertz CT molecular complexity index is 864. The number of pyridine rings is 1. The smallest absolute Gasteiger partial charge is 0.268 e. The zero-order valence-corrected chi connectivity index (χ0v) is 11.9. The maximum Gasteiger partial charge on any atom is 0.268 e. The number of nitrogens with zero attached hydrogens (tertiary/aromatic N) is 3. The van der Waals surface area contributed by atoms with Crippen LogP contribution < -0.4 is 10.6 Å². The van der Waals surface area contributed by atoms with Gasteiger partial charge in [0.25, 0.3) is 5.91 Å². The number of nitrogens with one attached hydrogen (secondary N) is 2. The highest BCUT2D eigenvalue weighted by molar-refractivity contribution is 6.23. The highest BCUT2D eigenvalue weighted by Crippen LogP contribution is 2.26. The molecule has 0 unspecified atom stereocenters. The Morgan fingerprint density at radius 1 is 1.32 bits per heavy atom. The Morgan fingerprint density at radius 2 is 2.09 bits per heavy atom. The second-order valence-electron chi connectivity index (χ2n) is 4.79. The first-order chi connectivity index (χ1) is 10.6. The average molecular weight is 294 g/mol. The number of nitrogens with two attached hydrogens (primary N) is 1. The molecule has 3 rings (SSSR count). The highest BCUT2D eigenvalue weighted by Gasteiger charge is 2.24. The summed E-state index contributed by atoms with van der Waals surface area (Å²) in [6.07, 6.45) is 3.06. The van der Waals surface area contributed by atoms with Crippen LogP contribution in [0.25, 0.3) is 10.9 Å². The van der Waals surface area contributed by atoms with Crippen molar-refractivity contribution in [2.75, 3.05) is 4.90 Å². The molecule has 0 atom stereocenters. The minimum absolute atomic E-state index is 0.364. The van der Waals surface area contributed by atoms with Crippen LogP contribution in [0.4, 0.5) is 5.69 Å². The number of hydrogen-bond acceptors (Lipinski definition) is 4. The fourth-order valence-electron chi connectivity index (χ4n) is 2.30. The first kappa shape index (κ1) is 13.7. The summed E-state index contributed by atoms with van der Waals surface area (Å²) in [4.78, 5) is 18.2. The maximum absolute atomic E-state index is 12.7. The summed E-state index contributed by atoms with van der Waals surface area (Å²) in [5.41, 5.74) is 7.70. The first-order valence-electron chi connectivity index (χ1n) is 6.62. The predicted molar refractivity (Wildman–Crippen MR) is 83.8 cm³/mol. The van der Waals surface area contributed by atoms with Crippen molar-refractivity contribution >= 4 is 28.5 Å². The molecule has 0 aliphatic rings. The zero-order chi connectivity index (χ0) is 15.7. The van der Waals surface area contributed by atoms with Gasteiger partial charge in [0.15, 0.2) is 5.96 Å². The molecule has 0 saturated carbocycles. The lowest BCUT2D eigenvalue weighted by Crippen LogP contribution is -2.41. The molecule has 1 amide bonds. The predicted octanol–water partition coefficient (Wildman–Crippen LogP) is 1.81. The van der Waals surface area contributed by atoms with Crippen LogP contribution >= 0.6 is 0 Å². The van der Waals surface area contributed by atoms with Gasteiger partial charge in [-0.05, 0) is 19.1 Å². The third-order valence-electron chi connectivity index (χ3n) is 3.36. The summed E-state index contributed by atoms with van der Waals surface area (Å²) in [6, 6.07) is 9.09. The Labute approximate surface area is 126 Å². The Morgan fingerprint density at radius 3 is 2.77 bits per heavy atom. The van der Waals surface area contributed by atoms with Gasteiger partial charge in [-0.25, -0.2) is 4.90 Å². The van der Waals surface area contributed by atoms with E-state index in [9.17, 15) is 4.79 Å². The third kappa shape index (κ3) is 2.18. The molecule has 0 aliphatic heterocycles. The number of para-hydroxylation sites is 1. The number of aromatic nitrogens is 3. The van der Waals surface area contributed by atoms with Crippen molar-refractivity contribution < 1.29 is 4.79 Å². The van der Waals surface area contributed by atoms with Crippen molar-refractivity contribution in [3.05, 3.63) is 54.0 Å². The van der Waals surface area contributed by atoms with Gasteiger partial charge in [-0.3, -0.25) is 20.3 Å². The largest absolute Gasteiger partial charge is 0.369 e. The van der Waals surface area contributed by atoms with Crippen LogP contribution in [0.5, 0.6) is 0 Å². The maximum atomic E-state index is 12.7. The lowest BCUT2D eigenvalue weighted by molar-refractivity contribution is 0.100. The number of anilines is 1. The third-order valence-corrected chi connectivity index (χ3v) is 3.36. The molecule has 110 valence electrons. The fourth-order valence-corrected chi connectivity index (χ4v) is 2.30. The second kappa shape index (κ2) is 5.28. The van der Waals surface area contributed by atoms with E-state index in [0.717, 1.165) is 10.3 Å². The molecule has 0 saturated heterocycles. The van der Waals surface area contributed by atoms with E-state index in [2.05, 4.69) is 15.2 Å². The van der Waals surface area contributed by atoms with Crippen molar-refractivity contribution in [3.8, 4) is 0 Å². The number of carbonyl (C=O) groups excluding carboxylic acids is 1. The molecule has 0 fully saturated rings. The summed E-state index contributed by atoms with van der Waals surface area (Å²) in [5, 5.41) is 15.2. The van der Waals surface area contributed by atoms with Crippen LogP contribution in [0.2, 0.25) is 0 Å². The van der Waals surface area contributed by atoms with Crippen molar-refractivity contribution in [3.63, 3.8) is 0 Å². The number of carbonyl (C=O) groups is 1. The van der Waals surface area contributed by atoms with Gasteiger partial charge < -0.3 is 5.73 Å². The van der Waals surface area contributed by atoms with Crippen molar-refractivity contribution in [1.29, 1.82) is 5.41 Å². The Kier molecular flexibility index (Phi) is 3.30. The van der Waals surface area contributed by atoms with Gasteiger partial charge in [0.1, 0.15) is 0 Å². The van der Waals surface area contributed by atoms with Gasteiger partial charge in [0.05, 0.1) is 23.0 Å². The number of aryl methyl sites for hydroxylation is 1. The lowest BCUT2D eigenvalue weighted by Gasteiger charge is -2.21. The molecule has 0 spiro atoms. The first-order valence-corrected chi connectivity index (χ1v) is 6.62. The summed E-state index contributed by atoms with van der Waals surface area (Å²) < 4.78 is 0. The lowest BCUT2D eigenvalue weighted by atomic mass is 10.1. The number of amides is 1. The summed E-state index contributed by atoms with van der Waals surface area (Å²) in [5.74, 6) is -0.791. The van der Waals surface area contributed by atoms with E-state index in [4.69, 9.17) is 11.1 Å². The number of hydrogen-bond donors (Lipinski definition) is 3. The number of benzene rings is 1. The minimum atomic E-state index is -0.420. The standard InChI is InChI=1S/C15H14N6O/c1-9-11(8-19-20-9)14(22)21(15(16)17)12-6-2-4-10-5-3-7-18-13(10)12/h2-8H,1H3,(H3,16,17)(H,19,20). The van der Waals surface area contributed by atoms with Crippen molar-refractivity contribution in [2.24, 2.45) is 5.73 Å². The molecule has 0 radical (unpaired) electrons. The number of fused-ring (bicyclic) bond motifs is 1. The minimum Gasteiger partial charge on any atom is -0.369 e. The van der Waals surface area contributed by atoms with E-state index in [0.29, 0.717) is 22.5 Å². The second-order valence-corrected chi connectivity index (χ2v) is 4.79. The van der Waals surface area contributed by atoms with E-state index in [1.165, 1.54) is 6.20 Å². The molecule has 1 aromatic carbocycles. The molecule has 0 bridgehead atoms. The van der Waals surface area contributed by atoms with Gasteiger partial charge in [-0.15, -0.1) is 0 Å². The highest BCUT2D eigenvalue weighted by atomic mass is 16.2. The molecule has 2 aromatic heterocycles. The summed E-state index contributed by atoms with van der Waals surface area (Å²) >= 11 is 0. The molecule has 2 heterocycles. The zero-order valence-electron chi connectivity index (χ0n) is 11.9.